The topological polar surface area (TPSA) is 101 Å². The number of hydrogen-bond acceptors (Lipinski definition) is 8. The van der Waals surface area contributed by atoms with E-state index in [9.17, 15) is 13.9 Å². The average molecular weight is 586 g/mol. The Labute approximate surface area is 248 Å². The predicted molar refractivity (Wildman–Crippen MR) is 155 cm³/mol. The van der Waals surface area contributed by atoms with E-state index < -0.39 is 17.2 Å². The molecule has 3 aromatic carbocycles. The summed E-state index contributed by atoms with van der Waals surface area (Å²) in [6.07, 6.45) is 3.30. The number of aliphatic hydroxyl groups is 1. The highest BCUT2D eigenvalue weighted by molar-refractivity contribution is 5.32. The second kappa shape index (κ2) is 12.9. The normalized spacial score (nSPS) is 16.0. The minimum Gasteiger partial charge on any atom is -0.381 e. The summed E-state index contributed by atoms with van der Waals surface area (Å²) in [5.41, 5.74) is 0.651. The van der Waals surface area contributed by atoms with Crippen molar-refractivity contribution >= 4 is 0 Å². The highest BCUT2D eigenvalue weighted by Gasteiger charge is 2.35. The molecule has 1 aliphatic rings. The lowest BCUT2D eigenvalue weighted by Gasteiger charge is -2.39. The van der Waals surface area contributed by atoms with E-state index in [4.69, 9.17) is 0 Å². The van der Waals surface area contributed by atoms with Gasteiger partial charge < -0.3 is 10.0 Å². The van der Waals surface area contributed by atoms with Crippen molar-refractivity contribution in [1.29, 1.82) is 0 Å². The van der Waals surface area contributed by atoms with E-state index >= 15 is 0 Å². The summed E-state index contributed by atoms with van der Waals surface area (Å²) in [7, 11) is 0. The van der Waals surface area contributed by atoms with Gasteiger partial charge >= 0.3 is 0 Å². The van der Waals surface area contributed by atoms with Crippen LogP contribution in [0.4, 0.5) is 8.78 Å². The van der Waals surface area contributed by atoms with E-state index in [-0.39, 0.29) is 24.7 Å². The molecule has 10 nitrogen and oxygen atoms in total. The minimum absolute atomic E-state index is 0.0922. The second-order valence-corrected chi connectivity index (χ2v) is 10.8. The first kappa shape index (κ1) is 28.7. The molecule has 0 aliphatic carbocycles. The lowest BCUT2D eigenvalue weighted by molar-refractivity contribution is -0.0125. The molecule has 0 spiro atoms. The number of tetrazole rings is 1. The Balaban J connectivity index is 1.08. The Morgan fingerprint density at radius 1 is 0.860 bits per heavy atom. The van der Waals surface area contributed by atoms with Gasteiger partial charge in [-0.05, 0) is 22.4 Å². The smallest absolute Gasteiger partial charge is 0.176 e. The number of aromatic nitrogens is 7. The highest BCUT2D eigenvalue weighted by Crippen LogP contribution is 2.30. The molecule has 43 heavy (non-hydrogen) atoms. The van der Waals surface area contributed by atoms with Crippen molar-refractivity contribution in [3.63, 3.8) is 0 Å². The molecule has 1 N–H and O–H groups in total. The van der Waals surface area contributed by atoms with E-state index in [1.165, 1.54) is 39.3 Å². The first-order chi connectivity index (χ1) is 21.0. The van der Waals surface area contributed by atoms with Crippen LogP contribution in [0.15, 0.2) is 91.5 Å². The third-order valence-corrected chi connectivity index (χ3v) is 7.87. The van der Waals surface area contributed by atoms with Crippen molar-refractivity contribution in [3.8, 4) is 0 Å². The van der Waals surface area contributed by atoms with Crippen molar-refractivity contribution in [2.75, 3.05) is 32.7 Å². The van der Waals surface area contributed by atoms with Crippen molar-refractivity contribution in [1.82, 2.24) is 44.8 Å². The van der Waals surface area contributed by atoms with Crippen LogP contribution < -0.4 is 0 Å². The molecular formula is C31H33F2N9O. The van der Waals surface area contributed by atoms with Crippen LogP contribution in [0.25, 0.3) is 0 Å². The SMILES string of the molecule is OC(Cn1cncn1)(Cn1nnc(CCN2CCN(C(c3ccccc3)c3ccccc3)CC2)n1)c1ccc(F)cc1F. The van der Waals surface area contributed by atoms with Crippen LogP contribution >= 0.6 is 0 Å². The van der Waals surface area contributed by atoms with Gasteiger partial charge in [-0.1, -0.05) is 66.7 Å². The molecule has 2 aromatic heterocycles. The molecule has 0 radical (unpaired) electrons. The summed E-state index contributed by atoms with van der Waals surface area (Å²) in [5.74, 6) is -1.08. The molecule has 1 unspecified atom stereocenters. The molecule has 1 saturated heterocycles. The quantitative estimate of drug-likeness (QED) is 0.253. The van der Waals surface area contributed by atoms with Gasteiger partial charge in [0.05, 0.1) is 19.1 Å². The second-order valence-electron chi connectivity index (χ2n) is 10.8. The van der Waals surface area contributed by atoms with Crippen LogP contribution in [0.3, 0.4) is 0 Å². The molecule has 1 fully saturated rings. The largest absolute Gasteiger partial charge is 0.381 e. The van der Waals surface area contributed by atoms with Crippen LogP contribution in [-0.2, 0) is 25.1 Å². The monoisotopic (exact) mass is 585 g/mol. The van der Waals surface area contributed by atoms with Crippen LogP contribution in [0.1, 0.15) is 28.6 Å². The van der Waals surface area contributed by atoms with Crippen LogP contribution in [0.2, 0.25) is 0 Å². The number of hydrogen-bond donors (Lipinski definition) is 1. The summed E-state index contributed by atoms with van der Waals surface area (Å²) in [6, 6.07) is 24.5. The van der Waals surface area contributed by atoms with Gasteiger partial charge in [-0.25, -0.2) is 18.4 Å². The summed E-state index contributed by atoms with van der Waals surface area (Å²) in [5, 5.41) is 28.3. The van der Waals surface area contributed by atoms with E-state index in [2.05, 4.69) is 83.8 Å². The molecule has 3 heterocycles. The molecule has 0 bridgehead atoms. The predicted octanol–water partition coefficient (Wildman–Crippen LogP) is 3.08. The Kier molecular flexibility index (Phi) is 8.59. The minimum atomic E-state index is -1.83. The van der Waals surface area contributed by atoms with Gasteiger partial charge in [0.1, 0.15) is 29.9 Å². The van der Waals surface area contributed by atoms with Gasteiger partial charge in [0.2, 0.25) is 0 Å². The van der Waals surface area contributed by atoms with E-state index in [1.54, 1.807) is 0 Å². The first-order valence-electron chi connectivity index (χ1n) is 14.3. The Morgan fingerprint density at radius 3 is 2.19 bits per heavy atom. The molecule has 1 aliphatic heterocycles. The fraction of sp³-hybridized carbons (Fsp3) is 0.323. The Morgan fingerprint density at radius 2 is 1.56 bits per heavy atom. The van der Waals surface area contributed by atoms with Gasteiger partial charge in [-0.15, -0.1) is 10.2 Å². The van der Waals surface area contributed by atoms with Crippen molar-refractivity contribution in [2.45, 2.75) is 31.2 Å². The van der Waals surface area contributed by atoms with Gasteiger partial charge in [0.15, 0.2) is 5.82 Å². The molecular weight excluding hydrogens is 552 g/mol. The van der Waals surface area contributed by atoms with E-state index in [1.807, 2.05) is 12.1 Å². The average Bonchev–Trinajstić information content (AvgIpc) is 3.70. The summed E-state index contributed by atoms with van der Waals surface area (Å²) >= 11 is 0. The third-order valence-electron chi connectivity index (χ3n) is 7.87. The number of benzene rings is 3. The number of rotatable bonds is 11. The summed E-state index contributed by atoms with van der Waals surface area (Å²) < 4.78 is 29.7. The fourth-order valence-electron chi connectivity index (χ4n) is 5.74. The Hall–Kier alpha value is -4.39. The molecule has 0 saturated carbocycles. The van der Waals surface area contributed by atoms with Crippen molar-refractivity contribution < 1.29 is 13.9 Å². The van der Waals surface area contributed by atoms with Gasteiger partial charge in [0, 0.05) is 50.8 Å². The zero-order valence-electron chi connectivity index (χ0n) is 23.6. The van der Waals surface area contributed by atoms with Crippen LogP contribution in [0, 0.1) is 11.6 Å². The molecule has 222 valence electrons. The molecule has 0 amide bonds. The molecule has 12 heteroatoms. The number of piperazine rings is 1. The fourth-order valence-corrected chi connectivity index (χ4v) is 5.74. The maximum atomic E-state index is 14.8. The third kappa shape index (κ3) is 6.82. The van der Waals surface area contributed by atoms with Crippen LogP contribution in [-0.4, -0.2) is 82.6 Å². The standard InChI is InChI=1S/C31H33F2N9O/c32-26-11-12-27(28(33)19-26)31(43,20-41-23-34-22-35-41)21-42-37-29(36-38-42)13-14-39-15-17-40(18-16-39)30(24-7-3-1-4-8-24)25-9-5-2-6-10-25/h1-12,19,22-23,30,43H,13-18,20-21H2. The summed E-state index contributed by atoms with van der Waals surface area (Å²) in [4.78, 5) is 10.1. The van der Waals surface area contributed by atoms with Crippen molar-refractivity contribution in [2.24, 2.45) is 0 Å². The lowest BCUT2D eigenvalue weighted by atomic mass is 9.93. The maximum Gasteiger partial charge on any atom is 0.176 e. The number of halogens is 2. The molecule has 6 rings (SSSR count). The van der Waals surface area contributed by atoms with Gasteiger partial charge in [-0.2, -0.15) is 9.90 Å². The van der Waals surface area contributed by atoms with Crippen LogP contribution in [0.5, 0.6) is 0 Å². The molecule has 5 aromatic rings. The zero-order chi connectivity index (χ0) is 29.6. The summed E-state index contributed by atoms with van der Waals surface area (Å²) in [6.45, 7) is 4.08. The first-order valence-corrected chi connectivity index (χ1v) is 14.3. The van der Waals surface area contributed by atoms with Gasteiger partial charge in [-0.3, -0.25) is 4.90 Å². The lowest BCUT2D eigenvalue weighted by Crippen LogP contribution is -2.48. The highest BCUT2D eigenvalue weighted by atomic mass is 19.1. The molecule has 1 atom stereocenters. The van der Waals surface area contributed by atoms with E-state index in [0.29, 0.717) is 12.2 Å². The number of nitrogens with zero attached hydrogens (tertiary/aromatic N) is 9. The van der Waals surface area contributed by atoms with Gasteiger partial charge in [0.25, 0.3) is 0 Å². The Bertz CT molecular complexity index is 1550. The van der Waals surface area contributed by atoms with E-state index in [0.717, 1.165) is 44.9 Å². The maximum absolute atomic E-state index is 14.8. The zero-order valence-corrected chi connectivity index (χ0v) is 23.6. The van der Waals surface area contributed by atoms with Crippen molar-refractivity contribution in [3.05, 3.63) is 126 Å².